The van der Waals surface area contributed by atoms with Gasteiger partial charge in [-0.2, -0.15) is 0 Å². The Hall–Kier alpha value is -1.83. The number of benzene rings is 1. The van der Waals surface area contributed by atoms with E-state index >= 15 is 0 Å². The lowest BCUT2D eigenvalue weighted by Crippen LogP contribution is -2.38. The Bertz CT molecular complexity index is 656. The van der Waals surface area contributed by atoms with Gasteiger partial charge in [0.15, 0.2) is 0 Å². The Morgan fingerprint density at radius 2 is 1.92 bits per heavy atom. The standard InChI is InChI=1S/C22H30N2O2/c25-22(26)21-11-7-15-24(18-21)17-20-10-6-9-19(16-20)8-2-5-14-23-12-3-1-4-13-23/h6,9-10,16,21H,1,3-5,7,11-15,17-18H2,(H,25,26). The number of aliphatic carboxylic acids is 1. The Labute approximate surface area is 157 Å². The van der Waals surface area contributed by atoms with E-state index in [0.29, 0.717) is 6.54 Å². The number of carboxylic acid groups (broad SMARTS) is 1. The first-order chi connectivity index (χ1) is 12.7. The van der Waals surface area contributed by atoms with Crippen LogP contribution in [0.25, 0.3) is 0 Å². The highest BCUT2D eigenvalue weighted by Crippen LogP contribution is 2.19. The zero-order valence-electron chi connectivity index (χ0n) is 15.6. The molecule has 4 nitrogen and oxygen atoms in total. The zero-order valence-corrected chi connectivity index (χ0v) is 15.6. The maximum Gasteiger partial charge on any atom is 0.307 e. The van der Waals surface area contributed by atoms with E-state index in [9.17, 15) is 9.90 Å². The third-order valence-electron chi connectivity index (χ3n) is 5.42. The average Bonchev–Trinajstić information content (AvgIpc) is 2.67. The third kappa shape index (κ3) is 5.86. The first-order valence-electron chi connectivity index (χ1n) is 9.96. The Morgan fingerprint density at radius 1 is 1.12 bits per heavy atom. The van der Waals surface area contributed by atoms with Gasteiger partial charge >= 0.3 is 5.97 Å². The van der Waals surface area contributed by atoms with Gasteiger partial charge in [-0.15, -0.1) is 0 Å². The van der Waals surface area contributed by atoms with E-state index in [-0.39, 0.29) is 5.92 Å². The molecule has 2 aliphatic rings. The van der Waals surface area contributed by atoms with E-state index in [1.54, 1.807) is 0 Å². The van der Waals surface area contributed by atoms with Crippen LogP contribution in [-0.2, 0) is 11.3 Å². The van der Waals surface area contributed by atoms with Crippen LogP contribution in [0, 0.1) is 17.8 Å². The van der Waals surface area contributed by atoms with Gasteiger partial charge in [-0.25, -0.2) is 0 Å². The van der Waals surface area contributed by atoms with Crippen molar-refractivity contribution in [3.05, 3.63) is 35.4 Å². The van der Waals surface area contributed by atoms with Gasteiger partial charge in [-0.1, -0.05) is 30.4 Å². The molecule has 1 N–H and O–H groups in total. The smallest absolute Gasteiger partial charge is 0.307 e. The van der Waals surface area contributed by atoms with Crippen molar-refractivity contribution >= 4 is 5.97 Å². The van der Waals surface area contributed by atoms with Gasteiger partial charge in [-0.3, -0.25) is 9.69 Å². The number of piperidine rings is 2. The van der Waals surface area contributed by atoms with Crippen LogP contribution in [0.4, 0.5) is 0 Å². The van der Waals surface area contributed by atoms with Crippen LogP contribution in [0.5, 0.6) is 0 Å². The van der Waals surface area contributed by atoms with Crippen molar-refractivity contribution in [2.45, 2.75) is 45.1 Å². The summed E-state index contributed by atoms with van der Waals surface area (Å²) in [7, 11) is 0. The van der Waals surface area contributed by atoms with Crippen LogP contribution in [-0.4, -0.2) is 53.6 Å². The van der Waals surface area contributed by atoms with E-state index in [2.05, 4.69) is 45.9 Å². The minimum absolute atomic E-state index is 0.221. The summed E-state index contributed by atoms with van der Waals surface area (Å²) in [5.74, 6) is 5.73. The molecule has 0 spiro atoms. The number of nitrogens with zero attached hydrogens (tertiary/aromatic N) is 2. The highest BCUT2D eigenvalue weighted by molar-refractivity contribution is 5.70. The lowest BCUT2D eigenvalue weighted by molar-refractivity contribution is -0.143. The van der Waals surface area contributed by atoms with Gasteiger partial charge in [0.2, 0.25) is 0 Å². The van der Waals surface area contributed by atoms with E-state index in [1.165, 1.54) is 37.9 Å². The SMILES string of the molecule is O=C(O)C1CCCN(Cc2cccc(C#CCCN3CCCCC3)c2)C1. The fourth-order valence-corrected chi connectivity index (χ4v) is 3.97. The summed E-state index contributed by atoms with van der Waals surface area (Å²) in [6.07, 6.45) is 6.72. The van der Waals surface area contributed by atoms with Crippen molar-refractivity contribution in [2.75, 3.05) is 32.7 Å². The summed E-state index contributed by atoms with van der Waals surface area (Å²) >= 11 is 0. The van der Waals surface area contributed by atoms with E-state index < -0.39 is 5.97 Å². The molecule has 2 saturated heterocycles. The Morgan fingerprint density at radius 3 is 2.73 bits per heavy atom. The normalized spacial score (nSPS) is 21.8. The monoisotopic (exact) mass is 354 g/mol. The molecule has 1 aromatic carbocycles. The second-order valence-electron chi connectivity index (χ2n) is 7.57. The number of hydrogen-bond donors (Lipinski definition) is 1. The minimum Gasteiger partial charge on any atom is -0.481 e. The van der Waals surface area contributed by atoms with E-state index in [0.717, 1.165) is 44.5 Å². The highest BCUT2D eigenvalue weighted by Gasteiger charge is 2.25. The predicted molar refractivity (Wildman–Crippen MR) is 104 cm³/mol. The fourth-order valence-electron chi connectivity index (χ4n) is 3.97. The fraction of sp³-hybridized carbons (Fsp3) is 0.591. The molecule has 4 heteroatoms. The van der Waals surface area contributed by atoms with Crippen molar-refractivity contribution in [1.29, 1.82) is 0 Å². The van der Waals surface area contributed by atoms with Crippen molar-refractivity contribution in [1.82, 2.24) is 9.80 Å². The predicted octanol–water partition coefficient (Wildman–Crippen LogP) is 3.21. The summed E-state index contributed by atoms with van der Waals surface area (Å²) in [4.78, 5) is 16.0. The Balaban J connectivity index is 1.50. The summed E-state index contributed by atoms with van der Waals surface area (Å²) < 4.78 is 0. The van der Waals surface area contributed by atoms with Gasteiger partial charge < -0.3 is 10.0 Å². The number of carbonyl (C=O) groups is 1. The lowest BCUT2D eigenvalue weighted by Gasteiger charge is -2.30. The highest BCUT2D eigenvalue weighted by atomic mass is 16.4. The number of carboxylic acids is 1. The summed E-state index contributed by atoms with van der Waals surface area (Å²) in [5.41, 5.74) is 2.28. The van der Waals surface area contributed by atoms with Crippen LogP contribution in [0.1, 0.15) is 49.7 Å². The van der Waals surface area contributed by atoms with Gasteiger partial charge in [0.25, 0.3) is 0 Å². The van der Waals surface area contributed by atoms with Crippen LogP contribution in [0.2, 0.25) is 0 Å². The molecular formula is C22H30N2O2. The van der Waals surface area contributed by atoms with E-state index in [1.807, 2.05) is 0 Å². The first kappa shape index (κ1) is 18.9. The maximum atomic E-state index is 11.2. The molecule has 26 heavy (non-hydrogen) atoms. The van der Waals surface area contributed by atoms with Crippen LogP contribution in [0.3, 0.4) is 0 Å². The quantitative estimate of drug-likeness (QED) is 0.825. The molecule has 2 aliphatic heterocycles. The molecule has 1 unspecified atom stereocenters. The van der Waals surface area contributed by atoms with Crippen molar-refractivity contribution < 1.29 is 9.90 Å². The number of hydrogen-bond acceptors (Lipinski definition) is 3. The van der Waals surface area contributed by atoms with Crippen LogP contribution >= 0.6 is 0 Å². The second kappa shape index (κ2) is 9.75. The topological polar surface area (TPSA) is 43.8 Å². The van der Waals surface area contributed by atoms with Gasteiger partial charge in [-0.05, 0) is 63.0 Å². The zero-order chi connectivity index (χ0) is 18.2. The first-order valence-corrected chi connectivity index (χ1v) is 9.96. The summed E-state index contributed by atoms with van der Waals surface area (Å²) in [5, 5.41) is 9.23. The maximum absolute atomic E-state index is 11.2. The molecule has 0 aromatic heterocycles. The van der Waals surface area contributed by atoms with E-state index in [4.69, 9.17) is 0 Å². The second-order valence-corrected chi connectivity index (χ2v) is 7.57. The van der Waals surface area contributed by atoms with Crippen molar-refractivity contribution in [2.24, 2.45) is 5.92 Å². The lowest BCUT2D eigenvalue weighted by atomic mass is 9.97. The van der Waals surface area contributed by atoms with Gasteiger partial charge in [0.05, 0.1) is 5.92 Å². The molecule has 0 amide bonds. The third-order valence-corrected chi connectivity index (χ3v) is 5.42. The molecule has 2 fully saturated rings. The van der Waals surface area contributed by atoms with Crippen LogP contribution < -0.4 is 0 Å². The van der Waals surface area contributed by atoms with Gasteiger partial charge in [0.1, 0.15) is 0 Å². The molecule has 0 bridgehead atoms. The molecular weight excluding hydrogens is 324 g/mol. The molecule has 3 rings (SSSR count). The molecule has 2 heterocycles. The molecule has 0 aliphatic carbocycles. The molecule has 140 valence electrons. The van der Waals surface area contributed by atoms with Crippen molar-refractivity contribution in [3.63, 3.8) is 0 Å². The van der Waals surface area contributed by atoms with Crippen molar-refractivity contribution in [3.8, 4) is 11.8 Å². The average molecular weight is 354 g/mol. The summed E-state index contributed by atoms with van der Waals surface area (Å²) in [6, 6.07) is 8.39. The number of rotatable bonds is 5. The summed E-state index contributed by atoms with van der Waals surface area (Å²) in [6.45, 7) is 5.98. The minimum atomic E-state index is -0.664. The number of likely N-dealkylation sites (tertiary alicyclic amines) is 2. The molecule has 1 aromatic rings. The largest absolute Gasteiger partial charge is 0.481 e. The molecule has 0 radical (unpaired) electrons. The molecule has 0 saturated carbocycles. The Kier molecular flexibility index (Phi) is 7.11. The molecule has 1 atom stereocenters. The van der Waals surface area contributed by atoms with Crippen LogP contribution in [0.15, 0.2) is 24.3 Å². The van der Waals surface area contributed by atoms with Gasteiger partial charge in [0, 0.05) is 31.6 Å².